The lowest BCUT2D eigenvalue weighted by molar-refractivity contribution is -0.383. The fraction of sp³-hybridized carbons (Fsp3) is 0.308. The third-order valence-electron chi connectivity index (χ3n) is 3.40. The van der Waals surface area contributed by atoms with Gasteiger partial charge in [0.25, 0.3) is 5.69 Å². The number of anilines is 1. The number of nitro benzene ring substituents is 1. The molecule has 0 bridgehead atoms. The van der Waals surface area contributed by atoms with E-state index in [1.54, 1.807) is 12.3 Å². The molecule has 2 atom stereocenters. The molecule has 1 fully saturated rings. The van der Waals surface area contributed by atoms with Crippen LogP contribution < -0.4 is 5.32 Å². The molecular formula is C13H13N3O2. The summed E-state index contributed by atoms with van der Waals surface area (Å²) < 4.78 is 0. The highest BCUT2D eigenvalue weighted by atomic mass is 16.6. The Bertz CT molecular complexity index is 627. The van der Waals surface area contributed by atoms with E-state index in [4.69, 9.17) is 0 Å². The fourth-order valence-electron chi connectivity index (χ4n) is 2.16. The topological polar surface area (TPSA) is 68.1 Å². The second kappa shape index (κ2) is 3.94. The third kappa shape index (κ3) is 1.77. The van der Waals surface area contributed by atoms with Crippen molar-refractivity contribution in [3.05, 3.63) is 40.6 Å². The molecule has 0 radical (unpaired) electrons. The number of nitrogens with one attached hydrogen (secondary N) is 1. The van der Waals surface area contributed by atoms with Crippen molar-refractivity contribution in [3.63, 3.8) is 0 Å². The Morgan fingerprint density at radius 1 is 1.44 bits per heavy atom. The summed E-state index contributed by atoms with van der Waals surface area (Å²) in [5.41, 5.74) is 1.43. The number of hydrogen-bond donors (Lipinski definition) is 1. The van der Waals surface area contributed by atoms with Crippen molar-refractivity contribution in [2.24, 2.45) is 5.92 Å². The zero-order valence-corrected chi connectivity index (χ0v) is 9.96. The molecule has 92 valence electrons. The van der Waals surface area contributed by atoms with Crippen molar-refractivity contribution in [1.82, 2.24) is 4.98 Å². The smallest absolute Gasteiger partial charge is 0.295 e. The molecule has 2 aromatic rings. The van der Waals surface area contributed by atoms with E-state index in [2.05, 4.69) is 17.2 Å². The predicted molar refractivity (Wildman–Crippen MR) is 69.6 cm³/mol. The lowest BCUT2D eigenvalue weighted by Crippen LogP contribution is -2.04. The molecule has 1 aromatic heterocycles. The molecule has 1 aliphatic carbocycles. The van der Waals surface area contributed by atoms with Crippen LogP contribution in [-0.2, 0) is 0 Å². The lowest BCUT2D eigenvalue weighted by atomic mass is 10.1. The van der Waals surface area contributed by atoms with Crippen molar-refractivity contribution in [3.8, 4) is 0 Å². The normalized spacial score (nSPS) is 21.8. The van der Waals surface area contributed by atoms with E-state index >= 15 is 0 Å². The molecule has 0 amide bonds. The van der Waals surface area contributed by atoms with Gasteiger partial charge in [0.05, 0.1) is 4.92 Å². The third-order valence-corrected chi connectivity index (χ3v) is 3.40. The van der Waals surface area contributed by atoms with Crippen LogP contribution in [0.5, 0.6) is 0 Å². The fourth-order valence-corrected chi connectivity index (χ4v) is 2.16. The van der Waals surface area contributed by atoms with Gasteiger partial charge in [0.1, 0.15) is 5.52 Å². The first-order chi connectivity index (χ1) is 8.66. The number of nitro groups is 1. The first-order valence-corrected chi connectivity index (χ1v) is 5.95. The van der Waals surface area contributed by atoms with Crippen molar-refractivity contribution >= 4 is 22.3 Å². The van der Waals surface area contributed by atoms with Gasteiger partial charge in [0, 0.05) is 29.4 Å². The molecular weight excluding hydrogens is 230 g/mol. The average Bonchev–Trinajstić information content (AvgIpc) is 3.04. The van der Waals surface area contributed by atoms with Gasteiger partial charge in [-0.25, -0.2) is 4.98 Å². The summed E-state index contributed by atoms with van der Waals surface area (Å²) >= 11 is 0. The minimum Gasteiger partial charge on any atom is -0.381 e. The Morgan fingerprint density at radius 3 is 2.89 bits per heavy atom. The second-order valence-electron chi connectivity index (χ2n) is 4.75. The molecule has 5 heteroatoms. The van der Waals surface area contributed by atoms with Crippen LogP contribution in [0, 0.1) is 16.0 Å². The van der Waals surface area contributed by atoms with E-state index in [9.17, 15) is 10.1 Å². The van der Waals surface area contributed by atoms with Crippen molar-refractivity contribution in [1.29, 1.82) is 0 Å². The summed E-state index contributed by atoms with van der Waals surface area (Å²) in [5.74, 6) is 0.673. The number of para-hydroxylation sites is 1. The summed E-state index contributed by atoms with van der Waals surface area (Å²) in [6.45, 7) is 2.18. The minimum atomic E-state index is -0.390. The van der Waals surface area contributed by atoms with Gasteiger partial charge in [-0.2, -0.15) is 0 Å². The quantitative estimate of drug-likeness (QED) is 0.664. The summed E-state index contributed by atoms with van der Waals surface area (Å²) in [5, 5.41) is 15.2. The maximum Gasteiger partial charge on any atom is 0.295 e. The van der Waals surface area contributed by atoms with Crippen LogP contribution in [0.15, 0.2) is 30.5 Å². The molecule has 5 nitrogen and oxygen atoms in total. The van der Waals surface area contributed by atoms with Crippen LogP contribution in [0.25, 0.3) is 10.9 Å². The number of fused-ring (bicyclic) bond motifs is 1. The number of rotatable bonds is 3. The molecule has 3 rings (SSSR count). The Kier molecular flexibility index (Phi) is 2.40. The van der Waals surface area contributed by atoms with Gasteiger partial charge in [-0.05, 0) is 18.4 Å². The molecule has 1 heterocycles. The standard InChI is InChI=1S/C13H13N3O2/c1-8-7-11(8)15-10-5-6-14-13-9(10)3-2-4-12(13)16(17)18/h2-6,8,11H,7H2,1H3,(H,14,15). The van der Waals surface area contributed by atoms with Crippen molar-refractivity contribution in [2.45, 2.75) is 19.4 Å². The van der Waals surface area contributed by atoms with E-state index in [-0.39, 0.29) is 5.69 Å². The molecule has 0 aliphatic heterocycles. The first kappa shape index (κ1) is 11.0. The largest absolute Gasteiger partial charge is 0.381 e. The number of non-ortho nitro benzene ring substituents is 1. The highest BCUT2D eigenvalue weighted by Crippen LogP contribution is 2.35. The first-order valence-electron chi connectivity index (χ1n) is 5.95. The van der Waals surface area contributed by atoms with Crippen LogP contribution in [0.1, 0.15) is 13.3 Å². The van der Waals surface area contributed by atoms with Gasteiger partial charge in [-0.3, -0.25) is 10.1 Å². The SMILES string of the molecule is CC1CC1Nc1ccnc2c([N+](=O)[O-])cccc12. The molecule has 1 saturated carbocycles. The van der Waals surface area contributed by atoms with Crippen LogP contribution in [0.4, 0.5) is 11.4 Å². The van der Waals surface area contributed by atoms with Gasteiger partial charge in [-0.1, -0.05) is 19.1 Å². The van der Waals surface area contributed by atoms with Crippen LogP contribution in [-0.4, -0.2) is 15.9 Å². The molecule has 2 unspecified atom stereocenters. The number of benzene rings is 1. The van der Waals surface area contributed by atoms with Gasteiger partial charge in [0.2, 0.25) is 0 Å². The van der Waals surface area contributed by atoms with E-state index < -0.39 is 4.92 Å². The summed E-state index contributed by atoms with van der Waals surface area (Å²) in [4.78, 5) is 14.7. The average molecular weight is 243 g/mol. The maximum absolute atomic E-state index is 11.0. The predicted octanol–water partition coefficient (Wildman–Crippen LogP) is 2.96. The van der Waals surface area contributed by atoms with Gasteiger partial charge >= 0.3 is 0 Å². The molecule has 0 saturated heterocycles. The van der Waals surface area contributed by atoms with Crippen molar-refractivity contribution in [2.75, 3.05) is 5.32 Å². The maximum atomic E-state index is 11.0. The molecule has 0 spiro atoms. The van der Waals surface area contributed by atoms with Crippen LogP contribution >= 0.6 is 0 Å². The Balaban J connectivity index is 2.10. The lowest BCUT2D eigenvalue weighted by Gasteiger charge is -2.08. The van der Waals surface area contributed by atoms with Crippen LogP contribution in [0.3, 0.4) is 0 Å². The number of nitrogens with zero attached hydrogens (tertiary/aromatic N) is 2. The number of hydrogen-bond acceptors (Lipinski definition) is 4. The van der Waals surface area contributed by atoms with Gasteiger partial charge in [-0.15, -0.1) is 0 Å². The Morgan fingerprint density at radius 2 is 2.22 bits per heavy atom. The van der Waals surface area contributed by atoms with Crippen molar-refractivity contribution < 1.29 is 4.92 Å². The molecule has 1 N–H and O–H groups in total. The summed E-state index contributed by atoms with van der Waals surface area (Å²) in [6.07, 6.45) is 2.77. The molecule has 1 aromatic carbocycles. The highest BCUT2D eigenvalue weighted by Gasteiger charge is 2.32. The number of pyridine rings is 1. The minimum absolute atomic E-state index is 0.0556. The zero-order valence-electron chi connectivity index (χ0n) is 9.96. The molecule has 18 heavy (non-hydrogen) atoms. The highest BCUT2D eigenvalue weighted by molar-refractivity contribution is 5.96. The monoisotopic (exact) mass is 243 g/mol. The summed E-state index contributed by atoms with van der Waals surface area (Å²) in [6, 6.07) is 7.40. The zero-order chi connectivity index (χ0) is 12.7. The Labute approximate surface area is 104 Å². The van der Waals surface area contributed by atoms with Crippen LogP contribution in [0.2, 0.25) is 0 Å². The van der Waals surface area contributed by atoms with E-state index in [0.29, 0.717) is 17.5 Å². The second-order valence-corrected chi connectivity index (χ2v) is 4.75. The molecule has 1 aliphatic rings. The Hall–Kier alpha value is -2.17. The summed E-state index contributed by atoms with van der Waals surface area (Å²) in [7, 11) is 0. The number of aromatic nitrogens is 1. The van der Waals surface area contributed by atoms with Gasteiger partial charge < -0.3 is 5.32 Å². The van der Waals surface area contributed by atoms with E-state index in [1.807, 2.05) is 12.1 Å². The van der Waals surface area contributed by atoms with Gasteiger partial charge in [0.15, 0.2) is 0 Å². The van der Waals surface area contributed by atoms with E-state index in [1.165, 1.54) is 6.07 Å². The van der Waals surface area contributed by atoms with E-state index in [0.717, 1.165) is 17.5 Å².